The summed E-state index contributed by atoms with van der Waals surface area (Å²) in [5.41, 5.74) is 2.16. The Hall–Kier alpha value is -2.98. The molecular weight excluding hydrogens is 487 g/mol. The van der Waals surface area contributed by atoms with Gasteiger partial charge in [-0.05, 0) is 32.2 Å². The first-order valence-electron chi connectivity index (χ1n) is 9.81. The van der Waals surface area contributed by atoms with E-state index in [0.717, 1.165) is 0 Å². The summed E-state index contributed by atoms with van der Waals surface area (Å²) < 4.78 is 34.1. The number of nitrogens with one attached hydrogen (secondary N) is 1. The van der Waals surface area contributed by atoms with Gasteiger partial charge in [-0.1, -0.05) is 53.5 Å². The van der Waals surface area contributed by atoms with Crippen LogP contribution in [-0.4, -0.2) is 42.6 Å². The summed E-state index contributed by atoms with van der Waals surface area (Å²) in [6.07, 6.45) is 1.53. The molecule has 0 fully saturated rings. The van der Waals surface area contributed by atoms with Gasteiger partial charge in [0.05, 0.1) is 12.3 Å². The van der Waals surface area contributed by atoms with Crippen molar-refractivity contribution in [3.8, 4) is 22.4 Å². The van der Waals surface area contributed by atoms with Crippen LogP contribution >= 0.6 is 23.2 Å². The molecule has 0 atom stereocenters. The number of ether oxygens (including phenoxy) is 1. The summed E-state index contributed by atoms with van der Waals surface area (Å²) in [4.78, 5) is 17.2. The molecule has 0 radical (unpaired) electrons. The standard InChI is InChI=1S/C22H18Cl2N4O4S/c1-3-32-22(29)18-20-26-12-16(15-6-4-5-7-17(15)24)19(13-8-10-14(23)11-9-13)28(20)27-21(18)33(30,31)25-2/h4-12,25H,3H2,1-2H3. The molecule has 2 aromatic heterocycles. The van der Waals surface area contributed by atoms with Crippen LogP contribution in [0.5, 0.6) is 0 Å². The molecule has 0 spiro atoms. The largest absolute Gasteiger partial charge is 0.462 e. The van der Waals surface area contributed by atoms with Crippen LogP contribution in [-0.2, 0) is 14.8 Å². The summed E-state index contributed by atoms with van der Waals surface area (Å²) in [5, 5.41) is 4.81. The van der Waals surface area contributed by atoms with Crippen molar-refractivity contribution in [1.29, 1.82) is 0 Å². The topological polar surface area (TPSA) is 103 Å². The lowest BCUT2D eigenvalue weighted by atomic mass is 10.0. The van der Waals surface area contributed by atoms with Gasteiger partial charge in [0.15, 0.2) is 5.65 Å². The number of sulfonamides is 1. The van der Waals surface area contributed by atoms with Gasteiger partial charge >= 0.3 is 5.97 Å². The fraction of sp³-hybridized carbons (Fsp3) is 0.136. The molecule has 0 aliphatic rings. The van der Waals surface area contributed by atoms with Crippen LogP contribution in [0.4, 0.5) is 0 Å². The minimum atomic E-state index is -4.12. The third-order valence-corrected chi connectivity index (χ3v) is 6.81. The second-order valence-corrected chi connectivity index (χ2v) is 9.50. The monoisotopic (exact) mass is 504 g/mol. The summed E-state index contributed by atoms with van der Waals surface area (Å²) >= 11 is 12.5. The van der Waals surface area contributed by atoms with Crippen LogP contribution < -0.4 is 4.72 Å². The number of aromatic nitrogens is 3. The number of hydrogen-bond acceptors (Lipinski definition) is 6. The van der Waals surface area contributed by atoms with E-state index in [9.17, 15) is 13.2 Å². The van der Waals surface area contributed by atoms with E-state index in [2.05, 4.69) is 14.8 Å². The van der Waals surface area contributed by atoms with Gasteiger partial charge < -0.3 is 4.74 Å². The highest BCUT2D eigenvalue weighted by atomic mass is 35.5. The zero-order valence-electron chi connectivity index (χ0n) is 17.5. The summed E-state index contributed by atoms with van der Waals surface area (Å²) in [6.45, 7) is 1.68. The number of carbonyl (C=O) groups is 1. The predicted octanol–water partition coefficient (Wildman–Crippen LogP) is 4.45. The van der Waals surface area contributed by atoms with Crippen LogP contribution in [0.15, 0.2) is 59.8 Å². The normalized spacial score (nSPS) is 11.6. The van der Waals surface area contributed by atoms with Gasteiger partial charge in [0, 0.05) is 32.9 Å². The van der Waals surface area contributed by atoms with E-state index in [1.807, 2.05) is 12.1 Å². The van der Waals surface area contributed by atoms with E-state index in [4.69, 9.17) is 27.9 Å². The molecule has 1 N–H and O–H groups in total. The van der Waals surface area contributed by atoms with Crippen molar-refractivity contribution < 1.29 is 17.9 Å². The van der Waals surface area contributed by atoms with Crippen molar-refractivity contribution in [3.63, 3.8) is 0 Å². The number of rotatable bonds is 6. The molecule has 0 amide bonds. The van der Waals surface area contributed by atoms with Crippen LogP contribution in [0.25, 0.3) is 28.0 Å². The molecule has 4 rings (SSSR count). The zero-order valence-corrected chi connectivity index (χ0v) is 19.9. The first kappa shape index (κ1) is 23.2. The maximum absolute atomic E-state index is 12.8. The highest BCUT2D eigenvalue weighted by molar-refractivity contribution is 7.89. The Morgan fingerprint density at radius 1 is 1.09 bits per heavy atom. The Morgan fingerprint density at radius 2 is 1.79 bits per heavy atom. The van der Waals surface area contributed by atoms with Gasteiger partial charge in [-0.25, -0.2) is 27.4 Å². The molecule has 0 bridgehead atoms. The molecule has 11 heteroatoms. The summed E-state index contributed by atoms with van der Waals surface area (Å²) in [5.74, 6) is -0.846. The fourth-order valence-corrected chi connectivity index (χ4v) is 4.58. The molecular formula is C22H18Cl2N4O4S. The van der Waals surface area contributed by atoms with Gasteiger partial charge in [-0.15, -0.1) is 0 Å². The number of nitrogens with zero attached hydrogens (tertiary/aromatic N) is 3. The Labute approximate surface area is 200 Å². The van der Waals surface area contributed by atoms with Crippen molar-refractivity contribution in [1.82, 2.24) is 19.3 Å². The number of carbonyl (C=O) groups excluding carboxylic acids is 1. The molecule has 33 heavy (non-hydrogen) atoms. The Balaban J connectivity index is 2.16. The van der Waals surface area contributed by atoms with Crippen LogP contribution in [0.1, 0.15) is 17.3 Å². The number of halogens is 2. The van der Waals surface area contributed by atoms with Crippen molar-refractivity contribution in [3.05, 3.63) is 70.3 Å². The molecule has 170 valence electrons. The highest BCUT2D eigenvalue weighted by Crippen LogP contribution is 2.37. The highest BCUT2D eigenvalue weighted by Gasteiger charge is 2.32. The van der Waals surface area contributed by atoms with Crippen molar-refractivity contribution in [2.45, 2.75) is 11.9 Å². The van der Waals surface area contributed by atoms with Crippen molar-refractivity contribution >= 4 is 44.8 Å². The summed E-state index contributed by atoms with van der Waals surface area (Å²) in [7, 11) is -2.88. The van der Waals surface area contributed by atoms with Crippen LogP contribution in [0, 0.1) is 0 Å². The van der Waals surface area contributed by atoms with Gasteiger partial charge in [0.1, 0.15) is 5.56 Å². The smallest absolute Gasteiger partial charge is 0.345 e. The SMILES string of the molecule is CCOC(=O)c1c(S(=O)(=O)NC)nn2c(-c3ccc(Cl)cc3)c(-c3ccccc3Cl)cnc12. The minimum absolute atomic E-state index is 0.0306. The fourth-order valence-electron chi connectivity index (χ4n) is 3.39. The quantitative estimate of drug-likeness (QED) is 0.389. The van der Waals surface area contributed by atoms with Crippen LogP contribution in [0.2, 0.25) is 10.0 Å². The second-order valence-electron chi connectivity index (χ2n) is 6.85. The lowest BCUT2D eigenvalue weighted by Crippen LogP contribution is -2.22. The first-order valence-corrected chi connectivity index (χ1v) is 12.1. The molecule has 0 saturated carbocycles. The van der Waals surface area contributed by atoms with Gasteiger partial charge in [-0.2, -0.15) is 5.10 Å². The molecule has 4 aromatic rings. The average Bonchev–Trinajstić information content (AvgIpc) is 3.20. The van der Waals surface area contributed by atoms with E-state index < -0.39 is 21.0 Å². The maximum atomic E-state index is 12.8. The molecule has 2 heterocycles. The Morgan fingerprint density at radius 3 is 2.42 bits per heavy atom. The number of esters is 1. The molecule has 0 saturated heterocycles. The van der Waals surface area contributed by atoms with E-state index in [1.54, 1.807) is 43.3 Å². The molecule has 0 aliphatic heterocycles. The maximum Gasteiger partial charge on any atom is 0.345 e. The second kappa shape index (κ2) is 9.11. The van der Waals surface area contributed by atoms with Crippen molar-refractivity contribution in [2.24, 2.45) is 0 Å². The molecule has 8 nitrogen and oxygen atoms in total. The zero-order chi connectivity index (χ0) is 23.8. The van der Waals surface area contributed by atoms with E-state index >= 15 is 0 Å². The Bertz CT molecular complexity index is 1470. The van der Waals surface area contributed by atoms with E-state index in [-0.39, 0.29) is 17.8 Å². The average molecular weight is 505 g/mol. The molecule has 0 aliphatic carbocycles. The van der Waals surface area contributed by atoms with Gasteiger partial charge in [-0.3, -0.25) is 0 Å². The molecule has 2 aromatic carbocycles. The van der Waals surface area contributed by atoms with Gasteiger partial charge in [0.2, 0.25) is 5.03 Å². The summed E-state index contributed by atoms with van der Waals surface area (Å²) in [6, 6.07) is 14.1. The van der Waals surface area contributed by atoms with E-state index in [0.29, 0.717) is 32.4 Å². The number of hydrogen-bond donors (Lipinski definition) is 1. The first-order chi connectivity index (χ1) is 15.8. The lowest BCUT2D eigenvalue weighted by molar-refractivity contribution is 0.0524. The minimum Gasteiger partial charge on any atom is -0.462 e. The van der Waals surface area contributed by atoms with Crippen LogP contribution in [0.3, 0.4) is 0 Å². The number of benzene rings is 2. The molecule has 0 unspecified atom stereocenters. The Kier molecular flexibility index (Phi) is 6.40. The third kappa shape index (κ3) is 4.20. The van der Waals surface area contributed by atoms with E-state index in [1.165, 1.54) is 17.8 Å². The third-order valence-electron chi connectivity index (χ3n) is 4.90. The van der Waals surface area contributed by atoms with Gasteiger partial charge in [0.25, 0.3) is 10.0 Å². The lowest BCUT2D eigenvalue weighted by Gasteiger charge is -2.13. The number of fused-ring (bicyclic) bond motifs is 1. The van der Waals surface area contributed by atoms with Crippen molar-refractivity contribution in [2.75, 3.05) is 13.7 Å². The predicted molar refractivity (Wildman–Crippen MR) is 126 cm³/mol.